The fraction of sp³-hybridized carbons (Fsp3) is 0.462. The van der Waals surface area contributed by atoms with E-state index in [1.54, 1.807) is 6.07 Å². The van der Waals surface area contributed by atoms with E-state index in [-0.39, 0.29) is 5.84 Å². The molecule has 0 heterocycles. The Bertz CT molecular complexity index is 434. The second-order valence-corrected chi connectivity index (χ2v) is 4.92. The molecule has 0 aliphatic carbocycles. The van der Waals surface area contributed by atoms with Crippen LogP contribution >= 0.6 is 11.6 Å². The standard InChI is InChI=1S/C13H20ClN3O/c1-4-9(2)8-17(3)11-7-5-6-10(14)12(11)13(15)16-18/h5-7,9,18H,4,8H2,1-3H3,(H2,15,16). The van der Waals surface area contributed by atoms with Crippen molar-refractivity contribution in [2.24, 2.45) is 16.8 Å². The van der Waals surface area contributed by atoms with Gasteiger partial charge in [-0.15, -0.1) is 0 Å². The third-order valence-electron chi connectivity index (χ3n) is 3.05. The Kier molecular flexibility index (Phi) is 5.28. The molecule has 0 spiro atoms. The second kappa shape index (κ2) is 6.50. The largest absolute Gasteiger partial charge is 0.409 e. The average molecular weight is 270 g/mol. The molecule has 0 fully saturated rings. The summed E-state index contributed by atoms with van der Waals surface area (Å²) in [5, 5.41) is 12.4. The first kappa shape index (κ1) is 14.6. The van der Waals surface area contributed by atoms with Gasteiger partial charge in [-0.2, -0.15) is 0 Å². The molecule has 0 saturated heterocycles. The van der Waals surface area contributed by atoms with Gasteiger partial charge in [0.1, 0.15) is 0 Å². The quantitative estimate of drug-likeness (QED) is 0.374. The topological polar surface area (TPSA) is 61.8 Å². The summed E-state index contributed by atoms with van der Waals surface area (Å²) in [7, 11) is 1.98. The van der Waals surface area contributed by atoms with Crippen molar-refractivity contribution in [2.75, 3.05) is 18.5 Å². The second-order valence-electron chi connectivity index (χ2n) is 4.51. The number of oxime groups is 1. The van der Waals surface area contributed by atoms with Crippen molar-refractivity contribution in [2.45, 2.75) is 20.3 Å². The molecule has 1 aromatic carbocycles. The predicted molar refractivity (Wildman–Crippen MR) is 76.7 cm³/mol. The first-order chi connectivity index (χ1) is 8.51. The molecule has 100 valence electrons. The van der Waals surface area contributed by atoms with Crippen LogP contribution in [0.1, 0.15) is 25.8 Å². The summed E-state index contributed by atoms with van der Waals surface area (Å²) in [5.74, 6) is 0.598. The van der Waals surface area contributed by atoms with Crippen LogP contribution in [0.5, 0.6) is 0 Å². The molecular formula is C13H20ClN3O. The molecule has 0 aromatic heterocycles. The fourth-order valence-electron chi connectivity index (χ4n) is 1.83. The number of hydrogen-bond donors (Lipinski definition) is 2. The molecule has 5 heteroatoms. The van der Waals surface area contributed by atoms with Gasteiger partial charge >= 0.3 is 0 Å². The fourth-order valence-corrected chi connectivity index (χ4v) is 2.10. The smallest absolute Gasteiger partial charge is 0.173 e. The molecule has 1 atom stereocenters. The van der Waals surface area contributed by atoms with Crippen LogP contribution in [0, 0.1) is 5.92 Å². The number of amidine groups is 1. The summed E-state index contributed by atoms with van der Waals surface area (Å²) in [6, 6.07) is 5.51. The van der Waals surface area contributed by atoms with Crippen molar-refractivity contribution in [3.63, 3.8) is 0 Å². The lowest BCUT2D eigenvalue weighted by molar-refractivity contribution is 0.318. The van der Waals surface area contributed by atoms with Crippen LogP contribution in [0.3, 0.4) is 0 Å². The van der Waals surface area contributed by atoms with E-state index >= 15 is 0 Å². The Morgan fingerprint density at radius 1 is 1.56 bits per heavy atom. The number of benzene rings is 1. The van der Waals surface area contributed by atoms with Crippen LogP contribution in [0.15, 0.2) is 23.4 Å². The summed E-state index contributed by atoms with van der Waals surface area (Å²) >= 11 is 6.12. The summed E-state index contributed by atoms with van der Waals surface area (Å²) in [6.45, 7) is 5.23. The molecule has 18 heavy (non-hydrogen) atoms. The van der Waals surface area contributed by atoms with E-state index in [4.69, 9.17) is 22.5 Å². The minimum Gasteiger partial charge on any atom is -0.409 e. The Balaban J connectivity index is 3.12. The minimum atomic E-state index is 0.0339. The van der Waals surface area contributed by atoms with Crippen molar-refractivity contribution in [3.8, 4) is 0 Å². The maximum absolute atomic E-state index is 8.83. The van der Waals surface area contributed by atoms with Gasteiger partial charge < -0.3 is 15.8 Å². The van der Waals surface area contributed by atoms with E-state index in [2.05, 4.69) is 23.9 Å². The van der Waals surface area contributed by atoms with Crippen molar-refractivity contribution in [1.82, 2.24) is 0 Å². The molecule has 0 aliphatic rings. The zero-order valence-corrected chi connectivity index (χ0v) is 11.8. The number of halogens is 1. The van der Waals surface area contributed by atoms with Crippen molar-refractivity contribution >= 4 is 23.1 Å². The normalized spacial score (nSPS) is 13.4. The van der Waals surface area contributed by atoms with Crippen LogP contribution in [-0.4, -0.2) is 24.6 Å². The van der Waals surface area contributed by atoms with Gasteiger partial charge in [-0.1, -0.05) is 43.1 Å². The highest BCUT2D eigenvalue weighted by Gasteiger charge is 2.15. The number of nitrogens with zero attached hydrogens (tertiary/aromatic N) is 2. The van der Waals surface area contributed by atoms with Gasteiger partial charge in [0.2, 0.25) is 0 Å². The lowest BCUT2D eigenvalue weighted by Gasteiger charge is -2.25. The van der Waals surface area contributed by atoms with Crippen molar-refractivity contribution in [1.29, 1.82) is 0 Å². The van der Waals surface area contributed by atoms with Crippen LogP contribution in [-0.2, 0) is 0 Å². The number of anilines is 1. The zero-order chi connectivity index (χ0) is 13.7. The minimum absolute atomic E-state index is 0.0339. The summed E-state index contributed by atoms with van der Waals surface area (Å²) in [6.07, 6.45) is 1.10. The van der Waals surface area contributed by atoms with Crippen LogP contribution in [0.25, 0.3) is 0 Å². The molecular weight excluding hydrogens is 250 g/mol. The van der Waals surface area contributed by atoms with E-state index in [1.165, 1.54) is 0 Å². The SMILES string of the molecule is CCC(C)CN(C)c1cccc(Cl)c1C(N)=NO. The Hall–Kier alpha value is -1.42. The van der Waals surface area contributed by atoms with Crippen LogP contribution < -0.4 is 10.6 Å². The lowest BCUT2D eigenvalue weighted by Crippen LogP contribution is -2.27. The summed E-state index contributed by atoms with van der Waals surface area (Å²) in [4.78, 5) is 2.08. The van der Waals surface area contributed by atoms with Gasteiger partial charge in [-0.05, 0) is 18.1 Å². The number of hydrogen-bond acceptors (Lipinski definition) is 3. The number of nitrogens with two attached hydrogens (primary N) is 1. The Morgan fingerprint density at radius 2 is 2.22 bits per heavy atom. The van der Waals surface area contributed by atoms with Gasteiger partial charge in [-0.25, -0.2) is 0 Å². The molecule has 0 amide bonds. The molecule has 1 rings (SSSR count). The van der Waals surface area contributed by atoms with Crippen molar-refractivity contribution < 1.29 is 5.21 Å². The maximum Gasteiger partial charge on any atom is 0.173 e. The maximum atomic E-state index is 8.83. The summed E-state index contributed by atoms with van der Waals surface area (Å²) < 4.78 is 0. The number of rotatable bonds is 5. The van der Waals surface area contributed by atoms with Crippen LogP contribution in [0.4, 0.5) is 5.69 Å². The molecule has 1 aromatic rings. The third-order valence-corrected chi connectivity index (χ3v) is 3.36. The van der Waals surface area contributed by atoms with E-state index in [1.807, 2.05) is 19.2 Å². The van der Waals surface area contributed by atoms with E-state index in [0.29, 0.717) is 16.5 Å². The highest BCUT2D eigenvalue weighted by atomic mass is 35.5. The Morgan fingerprint density at radius 3 is 2.78 bits per heavy atom. The Labute approximate surface area is 113 Å². The van der Waals surface area contributed by atoms with Gasteiger partial charge in [0, 0.05) is 19.3 Å². The van der Waals surface area contributed by atoms with Gasteiger partial charge in [0.15, 0.2) is 5.84 Å². The van der Waals surface area contributed by atoms with Gasteiger partial charge in [0.25, 0.3) is 0 Å². The molecule has 0 saturated carbocycles. The monoisotopic (exact) mass is 269 g/mol. The highest BCUT2D eigenvalue weighted by Crippen LogP contribution is 2.27. The molecule has 4 nitrogen and oxygen atoms in total. The first-order valence-corrected chi connectivity index (χ1v) is 6.36. The molecule has 3 N–H and O–H groups in total. The van der Waals surface area contributed by atoms with Crippen LogP contribution in [0.2, 0.25) is 5.02 Å². The predicted octanol–water partition coefficient (Wildman–Crippen LogP) is 2.92. The van der Waals surface area contributed by atoms with E-state index in [0.717, 1.165) is 18.7 Å². The van der Waals surface area contributed by atoms with Gasteiger partial charge in [0.05, 0.1) is 10.6 Å². The lowest BCUT2D eigenvalue weighted by atomic mass is 10.1. The molecule has 0 aliphatic heterocycles. The summed E-state index contributed by atoms with van der Waals surface area (Å²) in [5.41, 5.74) is 7.14. The highest BCUT2D eigenvalue weighted by molar-refractivity contribution is 6.34. The molecule has 0 bridgehead atoms. The van der Waals surface area contributed by atoms with E-state index in [9.17, 15) is 0 Å². The first-order valence-electron chi connectivity index (χ1n) is 5.98. The molecule has 0 radical (unpaired) electrons. The zero-order valence-electron chi connectivity index (χ0n) is 11.0. The molecule has 1 unspecified atom stereocenters. The van der Waals surface area contributed by atoms with Gasteiger partial charge in [-0.3, -0.25) is 0 Å². The third kappa shape index (κ3) is 3.29. The van der Waals surface area contributed by atoms with E-state index < -0.39 is 0 Å². The average Bonchev–Trinajstić information content (AvgIpc) is 2.37. The van der Waals surface area contributed by atoms with Crippen molar-refractivity contribution in [3.05, 3.63) is 28.8 Å².